The Balaban J connectivity index is 2.53. The highest BCUT2D eigenvalue weighted by Gasteiger charge is 2.17. The summed E-state index contributed by atoms with van der Waals surface area (Å²) in [5.41, 5.74) is 1.83. The second-order valence-electron chi connectivity index (χ2n) is 6.73. The lowest BCUT2D eigenvalue weighted by molar-refractivity contribution is -0.137. The van der Waals surface area contributed by atoms with Gasteiger partial charge in [0.1, 0.15) is 0 Å². The van der Waals surface area contributed by atoms with Crippen molar-refractivity contribution >= 4 is 17.6 Å². The van der Waals surface area contributed by atoms with Crippen LogP contribution in [0.25, 0.3) is 11.6 Å². The molecule has 0 radical (unpaired) electrons. The lowest BCUT2D eigenvalue weighted by Gasteiger charge is -2.14. The molecule has 0 atom stereocenters. The fourth-order valence-electron chi connectivity index (χ4n) is 2.69. The van der Waals surface area contributed by atoms with Crippen molar-refractivity contribution in [1.29, 1.82) is 0 Å². The van der Waals surface area contributed by atoms with Crippen LogP contribution < -0.4 is 18.9 Å². The zero-order valence-electron chi connectivity index (χ0n) is 17.8. The first-order valence-electron chi connectivity index (χ1n) is 9.26. The van der Waals surface area contributed by atoms with E-state index in [1.807, 2.05) is 19.9 Å². The normalized spacial score (nSPS) is 11.2. The molecule has 0 heterocycles. The van der Waals surface area contributed by atoms with Gasteiger partial charge in [-0.3, -0.25) is 0 Å². The summed E-state index contributed by atoms with van der Waals surface area (Å²) in [6, 6.07) is 10.7. The van der Waals surface area contributed by atoms with Crippen molar-refractivity contribution in [3.63, 3.8) is 0 Å². The van der Waals surface area contributed by atoms with Crippen LogP contribution in [0.5, 0.6) is 23.0 Å². The summed E-state index contributed by atoms with van der Waals surface area (Å²) in [6.07, 6.45) is 1.76. The molecule has 0 fully saturated rings. The molecule has 0 amide bonds. The van der Waals surface area contributed by atoms with Crippen molar-refractivity contribution in [2.45, 2.75) is 13.8 Å². The quantitative estimate of drug-likeness (QED) is 0.352. The third kappa shape index (κ3) is 5.67. The first-order valence-corrected chi connectivity index (χ1v) is 9.26. The Bertz CT molecular complexity index is 870. The smallest absolute Gasteiger partial charge is 0.338 e. The molecule has 2 aromatic rings. The number of esters is 1. The standard InChI is InChI=1S/C23H28O6/c1-15(2)14-29-23(24)18(17-8-10-20(26-4)22(13-17)28-6)11-16-7-9-19(25-3)21(12-16)27-5/h7-13,15H,14H2,1-6H3/b18-11-. The number of methoxy groups -OCH3 is 4. The summed E-state index contributed by atoms with van der Waals surface area (Å²) in [5.74, 6) is 2.10. The van der Waals surface area contributed by atoms with E-state index in [1.165, 1.54) is 0 Å². The number of carbonyl (C=O) groups excluding carboxylic acids is 1. The van der Waals surface area contributed by atoms with E-state index >= 15 is 0 Å². The van der Waals surface area contributed by atoms with Gasteiger partial charge in [0.25, 0.3) is 0 Å². The summed E-state index contributed by atoms with van der Waals surface area (Å²) in [4.78, 5) is 12.9. The first-order chi connectivity index (χ1) is 13.9. The van der Waals surface area contributed by atoms with Crippen LogP contribution >= 0.6 is 0 Å². The average Bonchev–Trinajstić information content (AvgIpc) is 2.74. The highest BCUT2D eigenvalue weighted by Crippen LogP contribution is 2.33. The second-order valence-corrected chi connectivity index (χ2v) is 6.73. The predicted octanol–water partition coefficient (Wildman–Crippen LogP) is 4.46. The van der Waals surface area contributed by atoms with E-state index in [0.29, 0.717) is 40.7 Å². The molecule has 0 aliphatic heterocycles. The number of carbonyl (C=O) groups is 1. The molecule has 0 bridgehead atoms. The first kappa shape index (κ1) is 22.1. The van der Waals surface area contributed by atoms with E-state index in [2.05, 4.69) is 0 Å². The number of hydrogen-bond acceptors (Lipinski definition) is 6. The van der Waals surface area contributed by atoms with Crippen LogP contribution in [0.15, 0.2) is 36.4 Å². The summed E-state index contributed by atoms with van der Waals surface area (Å²) < 4.78 is 26.8. The molecule has 0 aliphatic rings. The number of hydrogen-bond donors (Lipinski definition) is 0. The Hall–Kier alpha value is -3.15. The van der Waals surface area contributed by atoms with E-state index < -0.39 is 5.97 Å². The fraction of sp³-hybridized carbons (Fsp3) is 0.348. The van der Waals surface area contributed by atoms with Crippen molar-refractivity contribution in [3.8, 4) is 23.0 Å². The van der Waals surface area contributed by atoms with Crippen LogP contribution in [0.1, 0.15) is 25.0 Å². The summed E-state index contributed by atoms with van der Waals surface area (Å²) in [7, 11) is 6.26. The molecule has 0 spiro atoms. The molecule has 6 nitrogen and oxygen atoms in total. The van der Waals surface area contributed by atoms with Crippen LogP contribution in [0, 0.1) is 5.92 Å². The second kappa shape index (κ2) is 10.4. The van der Waals surface area contributed by atoms with Crippen LogP contribution in [0.3, 0.4) is 0 Å². The monoisotopic (exact) mass is 400 g/mol. The Labute approximate surface area is 172 Å². The van der Waals surface area contributed by atoms with Crippen molar-refractivity contribution in [2.24, 2.45) is 5.92 Å². The topological polar surface area (TPSA) is 63.2 Å². The maximum absolute atomic E-state index is 12.9. The summed E-state index contributed by atoms with van der Waals surface area (Å²) in [6.45, 7) is 4.30. The molecule has 156 valence electrons. The minimum absolute atomic E-state index is 0.228. The van der Waals surface area contributed by atoms with E-state index in [1.54, 1.807) is 64.8 Å². The Morgan fingerprint density at radius 2 is 1.38 bits per heavy atom. The van der Waals surface area contributed by atoms with Crippen molar-refractivity contribution in [3.05, 3.63) is 47.5 Å². The van der Waals surface area contributed by atoms with Gasteiger partial charge in [-0.05, 0) is 47.4 Å². The van der Waals surface area contributed by atoms with Gasteiger partial charge in [-0.2, -0.15) is 0 Å². The van der Waals surface area contributed by atoms with Crippen molar-refractivity contribution in [1.82, 2.24) is 0 Å². The highest BCUT2D eigenvalue weighted by molar-refractivity contribution is 6.21. The Kier molecular flexibility index (Phi) is 7.95. The molecule has 0 saturated heterocycles. The molecule has 29 heavy (non-hydrogen) atoms. The van der Waals surface area contributed by atoms with Crippen LogP contribution in [-0.4, -0.2) is 41.0 Å². The average molecular weight is 400 g/mol. The lowest BCUT2D eigenvalue weighted by atomic mass is 10.0. The number of rotatable bonds is 9. The molecule has 0 N–H and O–H groups in total. The maximum Gasteiger partial charge on any atom is 0.338 e. The van der Waals surface area contributed by atoms with E-state index in [9.17, 15) is 4.79 Å². The van der Waals surface area contributed by atoms with E-state index in [4.69, 9.17) is 23.7 Å². The molecular weight excluding hydrogens is 372 g/mol. The summed E-state index contributed by atoms with van der Waals surface area (Å²) in [5, 5.41) is 0. The van der Waals surface area contributed by atoms with Gasteiger partial charge in [-0.1, -0.05) is 26.0 Å². The Morgan fingerprint density at radius 1 is 0.828 bits per heavy atom. The molecule has 0 aromatic heterocycles. The zero-order chi connectivity index (χ0) is 21.4. The minimum atomic E-state index is -0.416. The molecule has 2 rings (SSSR count). The van der Waals surface area contributed by atoms with Gasteiger partial charge in [0.2, 0.25) is 0 Å². The minimum Gasteiger partial charge on any atom is -0.493 e. The molecule has 6 heteroatoms. The zero-order valence-corrected chi connectivity index (χ0v) is 17.8. The van der Waals surface area contributed by atoms with Gasteiger partial charge < -0.3 is 23.7 Å². The summed E-state index contributed by atoms with van der Waals surface area (Å²) >= 11 is 0. The SMILES string of the molecule is COc1ccc(/C=C(\C(=O)OCC(C)C)c2ccc(OC)c(OC)c2)cc1OC. The van der Waals surface area contributed by atoms with Gasteiger partial charge in [0.05, 0.1) is 40.6 Å². The predicted molar refractivity (Wildman–Crippen MR) is 113 cm³/mol. The van der Waals surface area contributed by atoms with Gasteiger partial charge in [-0.25, -0.2) is 4.79 Å². The third-order valence-electron chi connectivity index (χ3n) is 4.18. The molecule has 0 aliphatic carbocycles. The molecule has 0 saturated carbocycles. The van der Waals surface area contributed by atoms with Gasteiger partial charge in [0.15, 0.2) is 23.0 Å². The molecule has 0 unspecified atom stereocenters. The van der Waals surface area contributed by atoms with Gasteiger partial charge >= 0.3 is 5.97 Å². The van der Waals surface area contributed by atoms with E-state index in [0.717, 1.165) is 5.56 Å². The highest BCUT2D eigenvalue weighted by atomic mass is 16.5. The van der Waals surface area contributed by atoms with Crippen LogP contribution in [-0.2, 0) is 9.53 Å². The maximum atomic E-state index is 12.9. The lowest BCUT2D eigenvalue weighted by Crippen LogP contribution is -2.12. The van der Waals surface area contributed by atoms with Crippen LogP contribution in [0.2, 0.25) is 0 Å². The van der Waals surface area contributed by atoms with Crippen molar-refractivity contribution < 1.29 is 28.5 Å². The molecule has 2 aromatic carbocycles. The van der Waals surface area contributed by atoms with Crippen molar-refractivity contribution in [2.75, 3.05) is 35.0 Å². The largest absolute Gasteiger partial charge is 0.493 e. The number of benzene rings is 2. The van der Waals surface area contributed by atoms with Crippen LogP contribution in [0.4, 0.5) is 0 Å². The van der Waals surface area contributed by atoms with Gasteiger partial charge in [-0.15, -0.1) is 0 Å². The van der Waals surface area contributed by atoms with E-state index in [-0.39, 0.29) is 5.92 Å². The van der Waals surface area contributed by atoms with Gasteiger partial charge in [0, 0.05) is 0 Å². The fourth-order valence-corrected chi connectivity index (χ4v) is 2.69. The molecular formula is C23H28O6. The Morgan fingerprint density at radius 3 is 1.93 bits per heavy atom. The third-order valence-corrected chi connectivity index (χ3v) is 4.18. The number of ether oxygens (including phenoxy) is 5.